The van der Waals surface area contributed by atoms with Gasteiger partial charge in [0.25, 0.3) is 11.8 Å². The third-order valence-electron chi connectivity index (χ3n) is 5.72. The van der Waals surface area contributed by atoms with Gasteiger partial charge in [-0.15, -0.1) is 0 Å². The minimum absolute atomic E-state index is 0.173. The summed E-state index contributed by atoms with van der Waals surface area (Å²) in [4.78, 5) is 25.8. The molecule has 2 atom stereocenters. The summed E-state index contributed by atoms with van der Waals surface area (Å²) < 4.78 is 5.85. The molecular weight excluding hydrogens is 436 g/mol. The second-order valence-corrected chi connectivity index (χ2v) is 8.29. The van der Waals surface area contributed by atoms with Crippen molar-refractivity contribution >= 4 is 17.5 Å². The number of para-hydroxylation sites is 1. The van der Waals surface area contributed by atoms with Crippen molar-refractivity contribution in [1.82, 2.24) is 5.32 Å². The fourth-order valence-corrected chi connectivity index (χ4v) is 3.74. The number of benzene rings is 4. The summed E-state index contributed by atoms with van der Waals surface area (Å²) in [6.07, 6.45) is -0.753. The molecule has 4 aromatic rings. The molecular formula is C30H28N2O3. The molecule has 0 fully saturated rings. The van der Waals surface area contributed by atoms with Gasteiger partial charge in [-0.3, -0.25) is 9.59 Å². The Morgan fingerprint density at radius 2 is 1.26 bits per heavy atom. The fraction of sp³-hybridized carbons (Fsp3) is 0.133. The second-order valence-electron chi connectivity index (χ2n) is 8.29. The number of nitrogens with one attached hydrogen (secondary N) is 2. The lowest BCUT2D eigenvalue weighted by atomic mass is 10.1. The van der Waals surface area contributed by atoms with E-state index in [1.807, 2.05) is 91.9 Å². The smallest absolute Gasteiger partial charge is 0.265 e. The molecule has 5 nitrogen and oxygen atoms in total. The van der Waals surface area contributed by atoms with E-state index in [0.29, 0.717) is 17.0 Å². The maximum absolute atomic E-state index is 12.9. The molecule has 5 heteroatoms. The lowest BCUT2D eigenvalue weighted by Crippen LogP contribution is -2.32. The Bertz CT molecular complexity index is 1270. The number of hydrogen-bond acceptors (Lipinski definition) is 3. The molecule has 0 radical (unpaired) electrons. The molecule has 2 N–H and O–H groups in total. The Labute approximate surface area is 205 Å². The number of rotatable bonds is 8. The number of hydrogen-bond donors (Lipinski definition) is 2. The van der Waals surface area contributed by atoms with Crippen LogP contribution < -0.4 is 15.4 Å². The molecule has 2 amide bonds. The molecule has 4 rings (SSSR count). The van der Waals surface area contributed by atoms with Crippen molar-refractivity contribution in [2.24, 2.45) is 0 Å². The molecule has 0 aliphatic heterocycles. The normalized spacial score (nSPS) is 12.3. The standard InChI is InChI=1S/C30H28N2O3/c1-21(23-11-5-3-6-12-23)31-30(34)27-15-9-10-16-28(27)32-29(33)22(2)35-26-19-17-25(18-20-26)24-13-7-4-8-14-24/h3-22H,1-2H3,(H,31,34)(H,32,33). The van der Waals surface area contributed by atoms with Gasteiger partial charge >= 0.3 is 0 Å². The van der Waals surface area contributed by atoms with Gasteiger partial charge in [0.2, 0.25) is 0 Å². The van der Waals surface area contributed by atoms with Crippen molar-refractivity contribution in [3.05, 3.63) is 120 Å². The maximum Gasteiger partial charge on any atom is 0.265 e. The summed E-state index contributed by atoms with van der Waals surface area (Å²) in [5.74, 6) is -0.00846. The number of amides is 2. The largest absolute Gasteiger partial charge is 0.481 e. The molecule has 0 spiro atoms. The van der Waals surface area contributed by atoms with Gasteiger partial charge in [-0.2, -0.15) is 0 Å². The van der Waals surface area contributed by atoms with Crippen LogP contribution in [0, 0.1) is 0 Å². The van der Waals surface area contributed by atoms with E-state index in [-0.39, 0.29) is 17.9 Å². The van der Waals surface area contributed by atoms with E-state index in [1.165, 1.54) is 0 Å². The zero-order chi connectivity index (χ0) is 24.6. The minimum atomic E-state index is -0.753. The van der Waals surface area contributed by atoms with Crippen molar-refractivity contribution in [1.29, 1.82) is 0 Å². The molecule has 0 bridgehead atoms. The molecule has 0 saturated heterocycles. The lowest BCUT2D eigenvalue weighted by Gasteiger charge is -2.18. The van der Waals surface area contributed by atoms with E-state index < -0.39 is 6.10 Å². The van der Waals surface area contributed by atoms with Crippen molar-refractivity contribution < 1.29 is 14.3 Å². The first kappa shape index (κ1) is 23.8. The zero-order valence-corrected chi connectivity index (χ0v) is 19.8. The van der Waals surface area contributed by atoms with Crippen LogP contribution in [-0.2, 0) is 4.79 Å². The topological polar surface area (TPSA) is 67.4 Å². The lowest BCUT2D eigenvalue weighted by molar-refractivity contribution is -0.122. The van der Waals surface area contributed by atoms with Gasteiger partial charge < -0.3 is 15.4 Å². The van der Waals surface area contributed by atoms with Crippen LogP contribution in [0.5, 0.6) is 5.75 Å². The molecule has 0 aliphatic carbocycles. The van der Waals surface area contributed by atoms with E-state index in [1.54, 1.807) is 31.2 Å². The molecule has 4 aromatic carbocycles. The Hall–Kier alpha value is -4.38. The Kier molecular flexibility index (Phi) is 7.58. The minimum Gasteiger partial charge on any atom is -0.481 e. The van der Waals surface area contributed by atoms with E-state index in [4.69, 9.17) is 4.74 Å². The highest BCUT2D eigenvalue weighted by Crippen LogP contribution is 2.23. The van der Waals surface area contributed by atoms with E-state index in [9.17, 15) is 9.59 Å². The highest BCUT2D eigenvalue weighted by atomic mass is 16.5. The molecule has 2 unspecified atom stereocenters. The highest BCUT2D eigenvalue weighted by Gasteiger charge is 2.19. The molecule has 0 heterocycles. The zero-order valence-electron chi connectivity index (χ0n) is 19.8. The van der Waals surface area contributed by atoms with Crippen molar-refractivity contribution in [2.45, 2.75) is 26.0 Å². The molecule has 0 saturated carbocycles. The van der Waals surface area contributed by atoms with Gasteiger partial charge in [-0.05, 0) is 54.8 Å². The van der Waals surface area contributed by atoms with Gasteiger partial charge in [-0.1, -0.05) is 84.9 Å². The van der Waals surface area contributed by atoms with Crippen LogP contribution in [0.2, 0.25) is 0 Å². The van der Waals surface area contributed by atoms with Crippen LogP contribution in [-0.4, -0.2) is 17.9 Å². The van der Waals surface area contributed by atoms with Crippen LogP contribution in [0.3, 0.4) is 0 Å². The number of anilines is 1. The third kappa shape index (κ3) is 6.15. The average Bonchev–Trinajstić information content (AvgIpc) is 2.90. The van der Waals surface area contributed by atoms with Crippen LogP contribution in [0.4, 0.5) is 5.69 Å². The molecule has 35 heavy (non-hydrogen) atoms. The number of carbonyl (C=O) groups is 2. The highest BCUT2D eigenvalue weighted by molar-refractivity contribution is 6.04. The predicted molar refractivity (Wildman–Crippen MR) is 139 cm³/mol. The van der Waals surface area contributed by atoms with Gasteiger partial charge in [0.1, 0.15) is 5.75 Å². The van der Waals surface area contributed by atoms with Gasteiger partial charge in [-0.25, -0.2) is 0 Å². The van der Waals surface area contributed by atoms with E-state index in [0.717, 1.165) is 16.7 Å². The monoisotopic (exact) mass is 464 g/mol. The summed E-state index contributed by atoms with van der Waals surface area (Å²) in [6, 6.07) is 34.2. The van der Waals surface area contributed by atoms with Crippen molar-refractivity contribution in [2.75, 3.05) is 5.32 Å². The summed E-state index contributed by atoms with van der Waals surface area (Å²) in [5.41, 5.74) is 4.01. The Balaban J connectivity index is 1.39. The quantitative estimate of drug-likeness (QED) is 0.324. The first-order valence-corrected chi connectivity index (χ1v) is 11.6. The average molecular weight is 465 g/mol. The first-order valence-electron chi connectivity index (χ1n) is 11.6. The third-order valence-corrected chi connectivity index (χ3v) is 5.72. The molecule has 176 valence electrons. The number of carbonyl (C=O) groups excluding carboxylic acids is 2. The van der Waals surface area contributed by atoms with Crippen LogP contribution >= 0.6 is 0 Å². The Morgan fingerprint density at radius 1 is 0.686 bits per heavy atom. The molecule has 0 aliphatic rings. The van der Waals surface area contributed by atoms with Crippen LogP contribution in [0.15, 0.2) is 109 Å². The summed E-state index contributed by atoms with van der Waals surface area (Å²) in [6.45, 7) is 3.61. The van der Waals surface area contributed by atoms with Gasteiger partial charge in [0.05, 0.1) is 17.3 Å². The summed E-state index contributed by atoms with van der Waals surface area (Å²) in [7, 11) is 0. The van der Waals surface area contributed by atoms with Crippen molar-refractivity contribution in [3.63, 3.8) is 0 Å². The predicted octanol–water partition coefficient (Wildman–Crippen LogP) is 6.25. The van der Waals surface area contributed by atoms with E-state index in [2.05, 4.69) is 10.6 Å². The second kappa shape index (κ2) is 11.2. The first-order chi connectivity index (χ1) is 17.0. The van der Waals surface area contributed by atoms with E-state index >= 15 is 0 Å². The van der Waals surface area contributed by atoms with Gasteiger partial charge in [0, 0.05) is 0 Å². The summed E-state index contributed by atoms with van der Waals surface area (Å²) >= 11 is 0. The van der Waals surface area contributed by atoms with Crippen molar-refractivity contribution in [3.8, 4) is 16.9 Å². The van der Waals surface area contributed by atoms with Gasteiger partial charge in [0.15, 0.2) is 6.10 Å². The fourth-order valence-electron chi connectivity index (χ4n) is 3.74. The maximum atomic E-state index is 12.9. The number of ether oxygens (including phenoxy) is 1. The SMILES string of the molecule is CC(Oc1ccc(-c2ccccc2)cc1)C(=O)Nc1ccccc1C(=O)NC(C)c1ccccc1. The summed E-state index contributed by atoms with van der Waals surface area (Å²) in [5, 5.41) is 5.83. The Morgan fingerprint density at radius 3 is 1.94 bits per heavy atom. The molecule has 0 aromatic heterocycles. The van der Waals surface area contributed by atoms with Crippen LogP contribution in [0.25, 0.3) is 11.1 Å². The van der Waals surface area contributed by atoms with Crippen LogP contribution in [0.1, 0.15) is 35.8 Å².